The molecule has 2 atom stereocenters. The third-order valence-corrected chi connectivity index (χ3v) is 7.14. The van der Waals surface area contributed by atoms with E-state index in [1.807, 2.05) is 0 Å². The number of hydrogen-bond acceptors (Lipinski definition) is 2. The average molecular weight is 470 g/mol. The number of rotatable bonds is 9. The van der Waals surface area contributed by atoms with E-state index in [4.69, 9.17) is 9.97 Å². The summed E-state index contributed by atoms with van der Waals surface area (Å²) in [5.41, 5.74) is 5.26. The molecule has 2 heterocycles. The van der Waals surface area contributed by atoms with Gasteiger partial charge in [-0.05, 0) is 79.0 Å². The number of hydrogen-bond donors (Lipinski definition) is 0. The summed E-state index contributed by atoms with van der Waals surface area (Å²) < 4.78 is 15.8. The normalized spacial score (nSPS) is 13.8. The predicted molar refractivity (Wildman–Crippen MR) is 145 cm³/mol. The molecule has 3 nitrogen and oxygen atoms in total. The van der Waals surface area contributed by atoms with Crippen molar-refractivity contribution in [2.45, 2.75) is 60.3 Å². The number of aromatic nitrogens is 3. The van der Waals surface area contributed by atoms with E-state index < -0.39 is 0 Å². The maximum absolute atomic E-state index is 13.7. The van der Waals surface area contributed by atoms with Gasteiger partial charge in [-0.25, -0.2) is 14.4 Å². The lowest BCUT2D eigenvalue weighted by molar-refractivity contribution is 0.406. The van der Waals surface area contributed by atoms with Gasteiger partial charge in [0.1, 0.15) is 11.6 Å². The van der Waals surface area contributed by atoms with Crippen molar-refractivity contribution >= 4 is 16.5 Å². The fraction of sp³-hybridized carbons (Fsp3) is 0.355. The maximum Gasteiger partial charge on any atom is 0.162 e. The molecule has 1 unspecified atom stereocenters. The predicted octanol–water partition coefficient (Wildman–Crippen LogP) is 8.79. The molecule has 0 aliphatic rings. The summed E-state index contributed by atoms with van der Waals surface area (Å²) in [6.07, 6.45) is 8.79. The van der Waals surface area contributed by atoms with E-state index >= 15 is 0 Å². The quantitative estimate of drug-likeness (QED) is 0.245. The van der Waals surface area contributed by atoms with Gasteiger partial charge in [0.05, 0.1) is 11.2 Å². The fourth-order valence-corrected chi connectivity index (χ4v) is 4.84. The lowest BCUT2D eigenvalue weighted by Crippen LogP contribution is -2.11. The van der Waals surface area contributed by atoms with Crippen LogP contribution in [0.1, 0.15) is 64.6 Å². The number of nitrogens with zero attached hydrogens (tertiary/aromatic N) is 3. The van der Waals surface area contributed by atoms with Crippen LogP contribution in [-0.2, 0) is 0 Å². The number of halogens is 1. The van der Waals surface area contributed by atoms with Crippen molar-refractivity contribution < 1.29 is 4.39 Å². The maximum atomic E-state index is 13.7. The summed E-state index contributed by atoms with van der Waals surface area (Å²) in [4.78, 5) is 10.1. The Morgan fingerprint density at radius 1 is 0.971 bits per heavy atom. The molecule has 0 fully saturated rings. The van der Waals surface area contributed by atoms with Gasteiger partial charge >= 0.3 is 0 Å². The van der Waals surface area contributed by atoms with Crippen LogP contribution in [0.3, 0.4) is 0 Å². The van der Waals surface area contributed by atoms with E-state index in [1.54, 1.807) is 12.1 Å². The van der Waals surface area contributed by atoms with Gasteiger partial charge < -0.3 is 4.57 Å². The first-order chi connectivity index (χ1) is 17.0. The van der Waals surface area contributed by atoms with Crippen molar-refractivity contribution in [3.8, 4) is 17.2 Å². The van der Waals surface area contributed by atoms with Crippen molar-refractivity contribution in [2.24, 2.45) is 11.8 Å². The minimum Gasteiger partial charge on any atom is -0.301 e. The molecule has 35 heavy (non-hydrogen) atoms. The van der Waals surface area contributed by atoms with E-state index in [2.05, 4.69) is 81.8 Å². The molecule has 0 radical (unpaired) electrons. The molecular weight excluding hydrogens is 433 g/mol. The summed E-state index contributed by atoms with van der Waals surface area (Å²) in [5.74, 6) is 2.34. The molecule has 182 valence electrons. The van der Waals surface area contributed by atoms with Gasteiger partial charge in [0.2, 0.25) is 0 Å². The zero-order valence-corrected chi connectivity index (χ0v) is 21.6. The van der Waals surface area contributed by atoms with E-state index in [0.717, 1.165) is 53.8 Å². The topological polar surface area (TPSA) is 30.7 Å². The van der Waals surface area contributed by atoms with Crippen LogP contribution in [0.15, 0.2) is 66.9 Å². The van der Waals surface area contributed by atoms with Gasteiger partial charge in [0.25, 0.3) is 0 Å². The zero-order chi connectivity index (χ0) is 24.9. The molecule has 0 aliphatic carbocycles. The van der Waals surface area contributed by atoms with E-state index in [-0.39, 0.29) is 5.82 Å². The highest BCUT2D eigenvalue weighted by atomic mass is 19.1. The summed E-state index contributed by atoms with van der Waals surface area (Å²) in [6, 6.07) is 16.9. The molecule has 0 saturated heterocycles. The van der Waals surface area contributed by atoms with E-state index in [9.17, 15) is 4.39 Å². The first kappa shape index (κ1) is 24.8. The second kappa shape index (κ2) is 11.0. The monoisotopic (exact) mass is 469 g/mol. The van der Waals surface area contributed by atoms with Gasteiger partial charge in [-0.15, -0.1) is 0 Å². The Morgan fingerprint density at radius 3 is 2.40 bits per heavy atom. The zero-order valence-electron chi connectivity index (χ0n) is 21.6. The van der Waals surface area contributed by atoms with Crippen LogP contribution in [0, 0.1) is 24.6 Å². The Hall–Kier alpha value is -3.27. The minimum absolute atomic E-state index is 0.261. The first-order valence-corrected chi connectivity index (χ1v) is 12.9. The average Bonchev–Trinajstić information content (AvgIpc) is 3.31. The molecule has 0 spiro atoms. The minimum atomic E-state index is -0.261. The van der Waals surface area contributed by atoms with Crippen molar-refractivity contribution in [1.82, 2.24) is 14.5 Å². The summed E-state index contributed by atoms with van der Waals surface area (Å²) in [5, 5.41) is 1.17. The molecule has 0 N–H and O–H groups in total. The Balaban J connectivity index is 1.97. The lowest BCUT2D eigenvalue weighted by atomic mass is 9.86. The number of para-hydroxylation sites is 1. The van der Waals surface area contributed by atoms with Crippen LogP contribution >= 0.6 is 0 Å². The van der Waals surface area contributed by atoms with E-state index in [0.29, 0.717) is 17.7 Å². The van der Waals surface area contributed by atoms with Crippen LogP contribution in [0.25, 0.3) is 33.7 Å². The van der Waals surface area contributed by atoms with Crippen LogP contribution < -0.4 is 0 Å². The summed E-state index contributed by atoms with van der Waals surface area (Å²) >= 11 is 0. The van der Waals surface area contributed by atoms with Crippen molar-refractivity contribution in [3.05, 3.63) is 83.9 Å². The van der Waals surface area contributed by atoms with Gasteiger partial charge in [0.15, 0.2) is 5.82 Å². The second-order valence-corrected chi connectivity index (χ2v) is 9.50. The Bertz CT molecular complexity index is 1320. The van der Waals surface area contributed by atoms with Crippen LogP contribution in [0.2, 0.25) is 0 Å². The molecule has 4 heteroatoms. The van der Waals surface area contributed by atoms with Gasteiger partial charge in [-0.1, -0.05) is 64.8 Å². The van der Waals surface area contributed by atoms with Crippen molar-refractivity contribution in [1.29, 1.82) is 0 Å². The molecule has 2 aromatic carbocycles. The SMILES string of the molecule is CCC/C(=C/[C@H](CC)C(C)CC)c1nc(-c2ccc(F)cc2)nc(-n2ccc3ccccc32)c1C. The van der Waals surface area contributed by atoms with Crippen molar-refractivity contribution in [3.63, 3.8) is 0 Å². The molecule has 4 rings (SSSR count). The fourth-order valence-electron chi connectivity index (χ4n) is 4.84. The highest BCUT2D eigenvalue weighted by molar-refractivity contribution is 5.82. The summed E-state index contributed by atoms with van der Waals surface area (Å²) in [6.45, 7) is 11.2. The van der Waals surface area contributed by atoms with Gasteiger partial charge in [-0.2, -0.15) is 0 Å². The highest BCUT2D eigenvalue weighted by Crippen LogP contribution is 2.33. The Kier molecular flexibility index (Phi) is 7.80. The summed E-state index contributed by atoms with van der Waals surface area (Å²) in [7, 11) is 0. The smallest absolute Gasteiger partial charge is 0.162 e. The van der Waals surface area contributed by atoms with Gasteiger partial charge in [0, 0.05) is 17.3 Å². The van der Waals surface area contributed by atoms with Crippen molar-refractivity contribution in [2.75, 3.05) is 0 Å². The van der Waals surface area contributed by atoms with Gasteiger partial charge in [-0.3, -0.25) is 0 Å². The molecule has 0 aliphatic heterocycles. The van der Waals surface area contributed by atoms with Crippen LogP contribution in [-0.4, -0.2) is 14.5 Å². The second-order valence-electron chi connectivity index (χ2n) is 9.50. The molecule has 0 saturated carbocycles. The molecule has 4 aromatic rings. The number of fused-ring (bicyclic) bond motifs is 1. The third kappa shape index (κ3) is 5.22. The molecule has 0 amide bonds. The number of benzene rings is 2. The number of allylic oxidation sites excluding steroid dienone is 2. The standard InChI is InChI=1S/C31H36FN3/c1-6-11-26(20-23(8-3)21(4)7-2)29-22(5)31(35-19-18-24-12-9-10-13-28(24)35)34-30(33-29)25-14-16-27(32)17-15-25/h9-10,12-21,23H,6-8,11H2,1-5H3/b26-20-/t21?,23-/m0/s1. The highest BCUT2D eigenvalue weighted by Gasteiger charge is 2.20. The first-order valence-electron chi connectivity index (χ1n) is 12.9. The van der Waals surface area contributed by atoms with E-state index in [1.165, 1.54) is 23.1 Å². The lowest BCUT2D eigenvalue weighted by Gasteiger charge is -2.21. The molecule has 0 bridgehead atoms. The van der Waals surface area contributed by atoms with Crippen LogP contribution in [0.4, 0.5) is 4.39 Å². The Labute approximate surface area is 208 Å². The third-order valence-electron chi connectivity index (χ3n) is 7.14. The molecule has 2 aromatic heterocycles. The Morgan fingerprint density at radius 2 is 1.71 bits per heavy atom. The largest absolute Gasteiger partial charge is 0.301 e. The molecular formula is C31H36FN3. The van der Waals surface area contributed by atoms with Crippen LogP contribution in [0.5, 0.6) is 0 Å².